The molecule has 0 bridgehead atoms. The second kappa shape index (κ2) is 4.33. The number of hydrogen-bond acceptors (Lipinski definition) is 3. The SMILES string of the molecule is COC(=O)[C@H]1CCC(=O)[C@H]2CCCC[C@H]21. The van der Waals surface area contributed by atoms with Crippen LogP contribution >= 0.6 is 0 Å². The summed E-state index contributed by atoms with van der Waals surface area (Å²) in [5.41, 5.74) is 0. The van der Waals surface area contributed by atoms with Crippen molar-refractivity contribution >= 4 is 11.8 Å². The molecule has 0 aromatic carbocycles. The molecule has 0 spiro atoms. The lowest BCUT2D eigenvalue weighted by Gasteiger charge is -2.38. The predicted octanol–water partition coefficient (Wildman–Crippen LogP) is 1.94. The van der Waals surface area contributed by atoms with E-state index >= 15 is 0 Å². The maximum absolute atomic E-state index is 11.7. The van der Waals surface area contributed by atoms with E-state index in [2.05, 4.69) is 0 Å². The Morgan fingerprint density at radius 1 is 1.27 bits per heavy atom. The van der Waals surface area contributed by atoms with Crippen molar-refractivity contribution < 1.29 is 14.3 Å². The zero-order chi connectivity index (χ0) is 10.8. The van der Waals surface area contributed by atoms with E-state index in [1.807, 2.05) is 0 Å². The minimum Gasteiger partial charge on any atom is -0.469 e. The van der Waals surface area contributed by atoms with Gasteiger partial charge in [0.05, 0.1) is 13.0 Å². The van der Waals surface area contributed by atoms with Gasteiger partial charge in [0, 0.05) is 12.3 Å². The highest BCUT2D eigenvalue weighted by molar-refractivity contribution is 5.85. The van der Waals surface area contributed by atoms with Crippen LogP contribution in [0.1, 0.15) is 38.5 Å². The number of carbonyl (C=O) groups excluding carboxylic acids is 2. The summed E-state index contributed by atoms with van der Waals surface area (Å²) in [7, 11) is 1.44. The van der Waals surface area contributed by atoms with Crippen molar-refractivity contribution in [3.63, 3.8) is 0 Å². The lowest BCUT2D eigenvalue weighted by atomic mass is 9.65. The summed E-state index contributed by atoms with van der Waals surface area (Å²) in [5, 5.41) is 0. The van der Waals surface area contributed by atoms with Gasteiger partial charge in [0.25, 0.3) is 0 Å². The van der Waals surface area contributed by atoms with Crippen LogP contribution in [0.5, 0.6) is 0 Å². The summed E-state index contributed by atoms with van der Waals surface area (Å²) in [6.45, 7) is 0. The number of fused-ring (bicyclic) bond motifs is 1. The monoisotopic (exact) mass is 210 g/mol. The normalized spacial score (nSPS) is 35.8. The van der Waals surface area contributed by atoms with Gasteiger partial charge in [0.1, 0.15) is 5.78 Å². The van der Waals surface area contributed by atoms with E-state index in [0.717, 1.165) is 25.7 Å². The van der Waals surface area contributed by atoms with Crippen molar-refractivity contribution in [1.29, 1.82) is 0 Å². The Balaban J connectivity index is 2.13. The average Bonchev–Trinajstić information content (AvgIpc) is 2.29. The lowest BCUT2D eigenvalue weighted by Crippen LogP contribution is -2.40. The molecule has 0 heterocycles. The summed E-state index contributed by atoms with van der Waals surface area (Å²) in [4.78, 5) is 23.3. The Hall–Kier alpha value is -0.860. The first kappa shape index (κ1) is 10.7. The quantitative estimate of drug-likeness (QED) is 0.621. The Morgan fingerprint density at radius 3 is 2.73 bits per heavy atom. The van der Waals surface area contributed by atoms with E-state index in [0.29, 0.717) is 18.6 Å². The Labute approximate surface area is 90.2 Å². The Kier molecular flexibility index (Phi) is 3.08. The molecule has 2 saturated carbocycles. The van der Waals surface area contributed by atoms with Crippen molar-refractivity contribution in [2.24, 2.45) is 17.8 Å². The van der Waals surface area contributed by atoms with Gasteiger partial charge >= 0.3 is 5.97 Å². The molecule has 0 amide bonds. The largest absolute Gasteiger partial charge is 0.469 e. The highest BCUT2D eigenvalue weighted by Crippen LogP contribution is 2.42. The molecule has 3 nitrogen and oxygen atoms in total. The number of rotatable bonds is 1. The lowest BCUT2D eigenvalue weighted by molar-refractivity contribution is -0.152. The second-order valence-electron chi connectivity index (χ2n) is 4.69. The third-order valence-corrected chi connectivity index (χ3v) is 3.96. The molecule has 0 aromatic heterocycles. The highest BCUT2D eigenvalue weighted by Gasteiger charge is 2.43. The number of carbonyl (C=O) groups is 2. The number of ether oxygens (including phenoxy) is 1. The first-order valence-corrected chi connectivity index (χ1v) is 5.84. The van der Waals surface area contributed by atoms with Crippen LogP contribution in [0.3, 0.4) is 0 Å². The van der Waals surface area contributed by atoms with E-state index < -0.39 is 0 Å². The maximum atomic E-state index is 11.7. The van der Waals surface area contributed by atoms with E-state index in [4.69, 9.17) is 4.74 Å². The molecule has 0 unspecified atom stereocenters. The van der Waals surface area contributed by atoms with E-state index in [1.54, 1.807) is 0 Å². The Morgan fingerprint density at radius 2 is 2.00 bits per heavy atom. The molecule has 3 heteroatoms. The summed E-state index contributed by atoms with van der Waals surface area (Å²) in [5.74, 6) is 0.668. The molecule has 2 fully saturated rings. The van der Waals surface area contributed by atoms with Crippen molar-refractivity contribution in [2.75, 3.05) is 7.11 Å². The van der Waals surface area contributed by atoms with Gasteiger partial charge < -0.3 is 4.74 Å². The number of ketones is 1. The van der Waals surface area contributed by atoms with E-state index in [9.17, 15) is 9.59 Å². The predicted molar refractivity (Wildman–Crippen MR) is 55.2 cm³/mol. The summed E-state index contributed by atoms with van der Waals surface area (Å²) < 4.78 is 4.82. The average molecular weight is 210 g/mol. The fraction of sp³-hybridized carbons (Fsp3) is 0.833. The molecule has 2 aliphatic rings. The Bertz CT molecular complexity index is 272. The maximum Gasteiger partial charge on any atom is 0.308 e. The van der Waals surface area contributed by atoms with Crippen LogP contribution < -0.4 is 0 Å². The third-order valence-electron chi connectivity index (χ3n) is 3.96. The summed E-state index contributed by atoms with van der Waals surface area (Å²) in [6.07, 6.45) is 5.57. The van der Waals surface area contributed by atoms with Crippen LogP contribution in [0, 0.1) is 17.8 Å². The van der Waals surface area contributed by atoms with Crippen LogP contribution in [-0.2, 0) is 14.3 Å². The number of methoxy groups -OCH3 is 1. The summed E-state index contributed by atoms with van der Waals surface area (Å²) in [6, 6.07) is 0. The first-order valence-electron chi connectivity index (χ1n) is 5.84. The van der Waals surface area contributed by atoms with E-state index in [-0.39, 0.29) is 23.7 Å². The van der Waals surface area contributed by atoms with E-state index in [1.165, 1.54) is 7.11 Å². The highest BCUT2D eigenvalue weighted by atomic mass is 16.5. The fourth-order valence-corrected chi connectivity index (χ4v) is 3.18. The first-order chi connectivity index (χ1) is 7.24. The minimum absolute atomic E-state index is 0.0157. The number of esters is 1. The van der Waals surface area contributed by atoms with Gasteiger partial charge in [-0.05, 0) is 25.2 Å². The van der Waals surface area contributed by atoms with Gasteiger partial charge in [-0.25, -0.2) is 0 Å². The minimum atomic E-state index is -0.112. The van der Waals surface area contributed by atoms with Crippen molar-refractivity contribution in [3.8, 4) is 0 Å². The number of hydrogen-bond donors (Lipinski definition) is 0. The third kappa shape index (κ3) is 1.92. The molecule has 3 atom stereocenters. The van der Waals surface area contributed by atoms with Crippen LogP contribution in [0.25, 0.3) is 0 Å². The molecule has 0 aromatic rings. The van der Waals surface area contributed by atoms with Gasteiger partial charge in [-0.15, -0.1) is 0 Å². The molecule has 0 N–H and O–H groups in total. The molecule has 15 heavy (non-hydrogen) atoms. The van der Waals surface area contributed by atoms with Gasteiger partial charge in [-0.1, -0.05) is 12.8 Å². The molecule has 84 valence electrons. The van der Waals surface area contributed by atoms with Crippen LogP contribution in [0.4, 0.5) is 0 Å². The van der Waals surface area contributed by atoms with Crippen molar-refractivity contribution in [1.82, 2.24) is 0 Å². The van der Waals surface area contributed by atoms with Crippen LogP contribution in [-0.4, -0.2) is 18.9 Å². The zero-order valence-electron chi connectivity index (χ0n) is 9.20. The smallest absolute Gasteiger partial charge is 0.308 e. The van der Waals surface area contributed by atoms with Gasteiger partial charge in [0.2, 0.25) is 0 Å². The molecular weight excluding hydrogens is 192 g/mol. The van der Waals surface area contributed by atoms with Crippen LogP contribution in [0.15, 0.2) is 0 Å². The molecular formula is C12H18O3. The van der Waals surface area contributed by atoms with Gasteiger partial charge in [-0.2, -0.15) is 0 Å². The molecule has 0 radical (unpaired) electrons. The molecule has 2 rings (SSSR count). The summed E-state index contributed by atoms with van der Waals surface area (Å²) >= 11 is 0. The topological polar surface area (TPSA) is 43.4 Å². The fourth-order valence-electron chi connectivity index (χ4n) is 3.18. The zero-order valence-corrected chi connectivity index (χ0v) is 9.20. The van der Waals surface area contributed by atoms with Gasteiger partial charge in [-0.3, -0.25) is 9.59 Å². The molecule has 2 aliphatic carbocycles. The second-order valence-corrected chi connectivity index (χ2v) is 4.69. The standard InChI is InChI=1S/C12H18O3/c1-15-12(14)10-6-7-11(13)9-5-3-2-4-8(9)10/h8-10H,2-7H2,1H3/t8-,9+,10+/m1/s1. The number of Topliss-reactive ketones (excluding diaryl/α,β-unsaturated/α-hetero) is 1. The van der Waals surface area contributed by atoms with Crippen LogP contribution in [0.2, 0.25) is 0 Å². The van der Waals surface area contributed by atoms with Crippen molar-refractivity contribution in [2.45, 2.75) is 38.5 Å². The molecule has 0 saturated heterocycles. The van der Waals surface area contributed by atoms with Crippen molar-refractivity contribution in [3.05, 3.63) is 0 Å². The molecule has 0 aliphatic heterocycles. The van der Waals surface area contributed by atoms with Gasteiger partial charge in [0.15, 0.2) is 0 Å².